The summed E-state index contributed by atoms with van der Waals surface area (Å²) in [6.45, 7) is 9.17. The Balaban J connectivity index is 2.26. The summed E-state index contributed by atoms with van der Waals surface area (Å²) in [5.41, 5.74) is 0. The van der Waals surface area contributed by atoms with E-state index in [2.05, 4.69) is 17.1 Å². The summed E-state index contributed by atoms with van der Waals surface area (Å²) in [7, 11) is 0. The van der Waals surface area contributed by atoms with Gasteiger partial charge in [-0.25, -0.2) is 0 Å². The maximum Gasteiger partial charge on any atom is 0.307 e. The monoisotopic (exact) mass is 242 g/mol. The summed E-state index contributed by atoms with van der Waals surface area (Å²) in [5, 5.41) is 12.3. The van der Waals surface area contributed by atoms with Gasteiger partial charge in [0.2, 0.25) is 0 Å². The SMILES string of the molecule is CC(NCC(C)N1CCCCC1)C(C)C(=O)O. The fraction of sp³-hybridized carbons (Fsp3) is 0.923. The maximum atomic E-state index is 10.8. The average Bonchev–Trinajstić information content (AvgIpc) is 2.35. The zero-order valence-electron chi connectivity index (χ0n) is 11.3. The maximum absolute atomic E-state index is 10.8. The molecule has 17 heavy (non-hydrogen) atoms. The highest BCUT2D eigenvalue weighted by molar-refractivity contribution is 5.70. The normalized spacial score (nSPS) is 23.0. The van der Waals surface area contributed by atoms with Crippen LogP contribution in [0.25, 0.3) is 0 Å². The van der Waals surface area contributed by atoms with Gasteiger partial charge in [-0.05, 0) is 39.8 Å². The Bertz CT molecular complexity index is 240. The summed E-state index contributed by atoms with van der Waals surface area (Å²) in [6, 6.07) is 0.526. The van der Waals surface area contributed by atoms with Crippen LogP contribution in [0.5, 0.6) is 0 Å². The highest BCUT2D eigenvalue weighted by Crippen LogP contribution is 2.12. The Hall–Kier alpha value is -0.610. The van der Waals surface area contributed by atoms with E-state index in [0.717, 1.165) is 6.54 Å². The lowest BCUT2D eigenvalue weighted by Crippen LogP contribution is -2.47. The quantitative estimate of drug-likeness (QED) is 0.742. The standard InChI is InChI=1S/C13H26N2O2/c1-10(15-7-5-4-6-8-15)9-14-12(3)11(2)13(16)17/h10-12,14H,4-9H2,1-3H3,(H,16,17). The number of piperidine rings is 1. The van der Waals surface area contributed by atoms with Crippen LogP contribution in [0.1, 0.15) is 40.0 Å². The number of carboxylic acids is 1. The molecule has 1 saturated heterocycles. The van der Waals surface area contributed by atoms with Crippen molar-refractivity contribution in [2.24, 2.45) is 5.92 Å². The third-order valence-electron chi connectivity index (χ3n) is 3.89. The molecule has 4 heteroatoms. The lowest BCUT2D eigenvalue weighted by molar-refractivity contribution is -0.141. The van der Waals surface area contributed by atoms with E-state index >= 15 is 0 Å². The molecule has 1 aliphatic heterocycles. The van der Waals surface area contributed by atoms with Crippen molar-refractivity contribution in [3.63, 3.8) is 0 Å². The fourth-order valence-corrected chi connectivity index (χ4v) is 2.24. The molecule has 0 radical (unpaired) electrons. The highest BCUT2D eigenvalue weighted by atomic mass is 16.4. The predicted octanol–water partition coefficient (Wildman–Crippen LogP) is 1.56. The molecule has 1 heterocycles. The molecule has 0 bridgehead atoms. The topological polar surface area (TPSA) is 52.6 Å². The van der Waals surface area contributed by atoms with E-state index in [1.54, 1.807) is 6.92 Å². The van der Waals surface area contributed by atoms with Crippen LogP contribution in [0.4, 0.5) is 0 Å². The minimum Gasteiger partial charge on any atom is -0.481 e. The molecule has 4 nitrogen and oxygen atoms in total. The van der Waals surface area contributed by atoms with Gasteiger partial charge in [-0.2, -0.15) is 0 Å². The number of carboxylic acid groups (broad SMARTS) is 1. The zero-order valence-corrected chi connectivity index (χ0v) is 11.3. The summed E-state index contributed by atoms with van der Waals surface area (Å²) in [5.74, 6) is -1.06. The summed E-state index contributed by atoms with van der Waals surface area (Å²) < 4.78 is 0. The van der Waals surface area contributed by atoms with E-state index in [4.69, 9.17) is 5.11 Å². The number of nitrogens with zero attached hydrogens (tertiary/aromatic N) is 1. The van der Waals surface area contributed by atoms with Gasteiger partial charge in [0.25, 0.3) is 0 Å². The van der Waals surface area contributed by atoms with Crippen LogP contribution in [0.15, 0.2) is 0 Å². The fourth-order valence-electron chi connectivity index (χ4n) is 2.24. The van der Waals surface area contributed by atoms with Crippen molar-refractivity contribution >= 4 is 5.97 Å². The van der Waals surface area contributed by atoms with Gasteiger partial charge in [-0.3, -0.25) is 9.69 Å². The molecule has 0 aromatic rings. The molecule has 3 unspecified atom stereocenters. The molecule has 0 spiro atoms. The van der Waals surface area contributed by atoms with Crippen molar-refractivity contribution in [1.29, 1.82) is 0 Å². The third kappa shape index (κ3) is 4.64. The van der Waals surface area contributed by atoms with E-state index in [0.29, 0.717) is 6.04 Å². The van der Waals surface area contributed by atoms with Gasteiger partial charge in [0, 0.05) is 18.6 Å². The van der Waals surface area contributed by atoms with Crippen molar-refractivity contribution in [3.8, 4) is 0 Å². The number of hydrogen-bond donors (Lipinski definition) is 2. The molecule has 2 N–H and O–H groups in total. The van der Waals surface area contributed by atoms with E-state index in [1.807, 2.05) is 6.92 Å². The summed E-state index contributed by atoms with van der Waals surface area (Å²) in [6.07, 6.45) is 3.94. The van der Waals surface area contributed by atoms with E-state index in [-0.39, 0.29) is 12.0 Å². The van der Waals surface area contributed by atoms with Crippen molar-refractivity contribution in [2.45, 2.75) is 52.1 Å². The first-order chi connectivity index (χ1) is 8.02. The lowest BCUT2D eigenvalue weighted by Gasteiger charge is -2.33. The minimum absolute atomic E-state index is 0.0275. The van der Waals surface area contributed by atoms with Crippen molar-refractivity contribution in [2.75, 3.05) is 19.6 Å². The van der Waals surface area contributed by atoms with Crippen LogP contribution in [0.3, 0.4) is 0 Å². The minimum atomic E-state index is -0.726. The lowest BCUT2D eigenvalue weighted by atomic mass is 10.0. The number of nitrogens with one attached hydrogen (secondary N) is 1. The molecule has 100 valence electrons. The first kappa shape index (κ1) is 14.5. The number of likely N-dealkylation sites (tertiary alicyclic amines) is 1. The number of carbonyl (C=O) groups is 1. The van der Waals surface area contributed by atoms with Gasteiger partial charge in [0.1, 0.15) is 0 Å². The predicted molar refractivity (Wildman–Crippen MR) is 69.2 cm³/mol. The molecule has 3 atom stereocenters. The van der Waals surface area contributed by atoms with E-state index < -0.39 is 5.97 Å². The Morgan fingerprint density at radius 2 is 1.82 bits per heavy atom. The van der Waals surface area contributed by atoms with Gasteiger partial charge in [-0.1, -0.05) is 13.3 Å². The van der Waals surface area contributed by atoms with Crippen LogP contribution in [-0.2, 0) is 4.79 Å². The number of hydrogen-bond acceptors (Lipinski definition) is 3. The van der Waals surface area contributed by atoms with Gasteiger partial charge in [-0.15, -0.1) is 0 Å². The summed E-state index contributed by atoms with van der Waals surface area (Å²) >= 11 is 0. The molecular formula is C13H26N2O2. The van der Waals surface area contributed by atoms with Crippen molar-refractivity contribution in [1.82, 2.24) is 10.2 Å². The first-order valence-corrected chi connectivity index (χ1v) is 6.72. The van der Waals surface area contributed by atoms with E-state index in [1.165, 1.54) is 32.4 Å². The molecule has 1 fully saturated rings. The number of rotatable bonds is 6. The van der Waals surface area contributed by atoms with Gasteiger partial charge in [0.15, 0.2) is 0 Å². The van der Waals surface area contributed by atoms with Crippen LogP contribution in [-0.4, -0.2) is 47.7 Å². The Labute approximate surface area is 104 Å². The Morgan fingerprint density at radius 1 is 1.24 bits per heavy atom. The molecular weight excluding hydrogens is 216 g/mol. The van der Waals surface area contributed by atoms with Gasteiger partial charge < -0.3 is 10.4 Å². The highest BCUT2D eigenvalue weighted by Gasteiger charge is 2.21. The third-order valence-corrected chi connectivity index (χ3v) is 3.89. The Morgan fingerprint density at radius 3 is 2.35 bits per heavy atom. The molecule has 0 aromatic carbocycles. The molecule has 0 amide bonds. The average molecular weight is 242 g/mol. The van der Waals surface area contributed by atoms with Gasteiger partial charge in [0.05, 0.1) is 5.92 Å². The molecule has 0 saturated carbocycles. The molecule has 0 aliphatic carbocycles. The molecule has 1 aliphatic rings. The van der Waals surface area contributed by atoms with Crippen LogP contribution in [0.2, 0.25) is 0 Å². The second-order valence-electron chi connectivity index (χ2n) is 5.27. The second-order valence-corrected chi connectivity index (χ2v) is 5.27. The van der Waals surface area contributed by atoms with Crippen LogP contribution >= 0.6 is 0 Å². The van der Waals surface area contributed by atoms with Crippen molar-refractivity contribution < 1.29 is 9.90 Å². The molecule has 1 rings (SSSR count). The largest absolute Gasteiger partial charge is 0.481 e. The Kier molecular flexibility index (Phi) is 5.92. The summed E-state index contributed by atoms with van der Waals surface area (Å²) in [4.78, 5) is 13.3. The number of aliphatic carboxylic acids is 1. The zero-order chi connectivity index (χ0) is 12.8. The second kappa shape index (κ2) is 6.97. The van der Waals surface area contributed by atoms with Crippen LogP contribution in [0, 0.1) is 5.92 Å². The molecule has 0 aromatic heterocycles. The van der Waals surface area contributed by atoms with Crippen molar-refractivity contribution in [3.05, 3.63) is 0 Å². The first-order valence-electron chi connectivity index (χ1n) is 6.72. The van der Waals surface area contributed by atoms with Gasteiger partial charge >= 0.3 is 5.97 Å². The smallest absolute Gasteiger partial charge is 0.307 e. The van der Waals surface area contributed by atoms with Crippen LogP contribution < -0.4 is 5.32 Å². The van der Waals surface area contributed by atoms with E-state index in [9.17, 15) is 4.79 Å².